The second kappa shape index (κ2) is 6.62. The van der Waals surface area contributed by atoms with E-state index < -0.39 is 35.6 Å². The first-order valence-electron chi connectivity index (χ1n) is 9.19. The lowest BCUT2D eigenvalue weighted by atomic mass is 9.99. The summed E-state index contributed by atoms with van der Waals surface area (Å²) in [7, 11) is 1.22. The lowest BCUT2D eigenvalue weighted by Crippen LogP contribution is -2.42. The maximum absolute atomic E-state index is 14.2. The van der Waals surface area contributed by atoms with Crippen LogP contribution in [0.3, 0.4) is 0 Å². The molecule has 0 saturated carbocycles. The van der Waals surface area contributed by atoms with E-state index in [-0.39, 0.29) is 12.1 Å². The van der Waals surface area contributed by atoms with Crippen LogP contribution in [-0.4, -0.2) is 51.7 Å². The highest BCUT2D eigenvalue weighted by atomic mass is 19.4. The van der Waals surface area contributed by atoms with Crippen molar-refractivity contribution in [1.29, 1.82) is 0 Å². The number of rotatable bonds is 2. The molecule has 0 fully saturated rings. The molecule has 1 N–H and O–H groups in total. The number of aromatic amines is 1. The molecular weight excluding hydrogens is 420 g/mol. The summed E-state index contributed by atoms with van der Waals surface area (Å²) in [6, 6.07) is 3.42. The van der Waals surface area contributed by atoms with Gasteiger partial charge in [-0.15, -0.1) is 5.10 Å². The highest BCUT2D eigenvalue weighted by Gasteiger charge is 2.41. The number of halogens is 4. The average Bonchev–Trinajstić information content (AvgIpc) is 3.44. The molecule has 1 amide bonds. The summed E-state index contributed by atoms with van der Waals surface area (Å²) in [5.41, 5.74) is 1.78. The number of pyridine rings is 1. The van der Waals surface area contributed by atoms with Crippen LogP contribution >= 0.6 is 0 Å². The molecule has 0 spiro atoms. The highest BCUT2D eigenvalue weighted by molar-refractivity contribution is 5.91. The molecule has 1 atom stereocenters. The molecule has 0 saturated heterocycles. The van der Waals surface area contributed by atoms with E-state index in [0.717, 1.165) is 10.4 Å². The van der Waals surface area contributed by atoms with Gasteiger partial charge in [0.15, 0.2) is 0 Å². The van der Waals surface area contributed by atoms with E-state index in [9.17, 15) is 22.4 Å². The van der Waals surface area contributed by atoms with Crippen LogP contribution in [0.1, 0.15) is 39.6 Å². The first kappa shape index (κ1) is 19.2. The molecule has 160 valence electrons. The number of H-pyrrole nitrogens is 1. The maximum atomic E-state index is 14.2. The minimum Gasteiger partial charge on any atom is -0.348 e. The van der Waals surface area contributed by atoms with Crippen LogP contribution in [0.25, 0.3) is 5.52 Å². The Morgan fingerprint density at radius 3 is 2.81 bits per heavy atom. The van der Waals surface area contributed by atoms with Gasteiger partial charge >= 0.3 is 6.18 Å². The molecule has 4 aromatic heterocycles. The Balaban J connectivity index is 1.61. The number of carbonyl (C=O) groups excluding carboxylic acids is 1. The van der Waals surface area contributed by atoms with Crippen molar-refractivity contribution in [3.8, 4) is 0 Å². The van der Waals surface area contributed by atoms with Gasteiger partial charge in [-0.2, -0.15) is 23.3 Å². The lowest BCUT2D eigenvalue weighted by Gasteiger charge is -2.33. The molecule has 1 aliphatic rings. The number of nitrogens with one attached hydrogen (secondary N) is 1. The third-order valence-electron chi connectivity index (χ3n) is 5.14. The molecule has 13 heteroatoms. The molecule has 0 radical (unpaired) electrons. The quantitative estimate of drug-likeness (QED) is 0.488. The molecule has 5 heterocycles. The van der Waals surface area contributed by atoms with Gasteiger partial charge in [0.2, 0.25) is 5.82 Å². The van der Waals surface area contributed by atoms with Gasteiger partial charge < -0.3 is 9.88 Å². The molecule has 4 aromatic rings. The predicted molar refractivity (Wildman–Crippen MR) is 96.3 cm³/mol. The van der Waals surface area contributed by atoms with E-state index >= 15 is 0 Å². The minimum atomic E-state index is -4.79. The van der Waals surface area contributed by atoms with Crippen LogP contribution in [0.15, 0.2) is 30.7 Å². The fraction of sp³-hybridized carbons (Fsp3) is 0.278. The van der Waals surface area contributed by atoms with E-state index in [2.05, 4.69) is 25.1 Å². The van der Waals surface area contributed by atoms with Crippen molar-refractivity contribution in [1.82, 2.24) is 39.2 Å². The number of amides is 1. The van der Waals surface area contributed by atoms with Crippen LogP contribution in [0.5, 0.6) is 0 Å². The van der Waals surface area contributed by atoms with Gasteiger partial charge in [0.1, 0.15) is 17.4 Å². The smallest absolute Gasteiger partial charge is 0.348 e. The molecule has 0 bridgehead atoms. The van der Waals surface area contributed by atoms with Gasteiger partial charge in [-0.1, -0.05) is 0 Å². The van der Waals surface area contributed by atoms with Crippen LogP contribution in [0.4, 0.5) is 17.6 Å². The van der Waals surface area contributed by atoms with Crippen LogP contribution in [0, 0.1) is 5.82 Å². The van der Waals surface area contributed by atoms with E-state index in [4.69, 9.17) is 0 Å². The average molecular weight is 434 g/mol. The number of aromatic nitrogens is 7. The number of alkyl halides is 3. The van der Waals surface area contributed by atoms with Gasteiger partial charge in [-0.3, -0.25) is 4.79 Å². The van der Waals surface area contributed by atoms with Crippen molar-refractivity contribution in [2.75, 3.05) is 6.54 Å². The molecule has 0 aromatic carbocycles. The fourth-order valence-electron chi connectivity index (χ4n) is 3.75. The number of fused-ring (bicyclic) bond motifs is 2. The maximum Gasteiger partial charge on any atom is 0.453 e. The number of carbonyl (C=O) groups is 1. The van der Waals surface area contributed by atoms with Crippen LogP contribution < -0.4 is 0 Å². The van der Waals surface area contributed by atoms with E-state index in [1.165, 1.54) is 41.0 Å². The Hall–Kier alpha value is -3.77. The summed E-state index contributed by atoms with van der Waals surface area (Å²) in [5.74, 6) is -3.13. The SMILES string of the molecule is Cn1nc(C(F)(F)F)nc1C(=O)N1CCc2[nH]cnc2C1c1cc2c(F)cccn2n1. The Labute approximate surface area is 171 Å². The number of imidazole rings is 1. The van der Waals surface area contributed by atoms with E-state index in [1.807, 2.05) is 0 Å². The summed E-state index contributed by atoms with van der Waals surface area (Å²) in [6.45, 7) is 0.170. The Bertz CT molecular complexity index is 1300. The molecule has 0 aliphatic carbocycles. The minimum absolute atomic E-state index is 0.170. The monoisotopic (exact) mass is 434 g/mol. The largest absolute Gasteiger partial charge is 0.453 e. The summed E-state index contributed by atoms with van der Waals surface area (Å²) in [5, 5.41) is 7.69. The highest BCUT2D eigenvalue weighted by Crippen LogP contribution is 2.35. The zero-order valence-corrected chi connectivity index (χ0v) is 15.9. The van der Waals surface area contributed by atoms with Crippen molar-refractivity contribution in [3.63, 3.8) is 0 Å². The fourth-order valence-corrected chi connectivity index (χ4v) is 3.75. The van der Waals surface area contributed by atoms with Gasteiger partial charge in [0, 0.05) is 31.9 Å². The zero-order chi connectivity index (χ0) is 21.9. The van der Waals surface area contributed by atoms with Gasteiger partial charge in [0.05, 0.1) is 17.7 Å². The molecule has 1 unspecified atom stereocenters. The van der Waals surface area contributed by atoms with Crippen molar-refractivity contribution >= 4 is 11.4 Å². The van der Waals surface area contributed by atoms with Gasteiger partial charge in [0.25, 0.3) is 11.7 Å². The van der Waals surface area contributed by atoms with Crippen LogP contribution in [-0.2, 0) is 19.6 Å². The Morgan fingerprint density at radius 2 is 2.10 bits per heavy atom. The van der Waals surface area contributed by atoms with E-state index in [0.29, 0.717) is 17.8 Å². The summed E-state index contributed by atoms with van der Waals surface area (Å²) >= 11 is 0. The molecule has 1 aliphatic heterocycles. The zero-order valence-electron chi connectivity index (χ0n) is 15.9. The van der Waals surface area contributed by atoms with Crippen molar-refractivity contribution in [2.24, 2.45) is 7.05 Å². The van der Waals surface area contributed by atoms with Crippen molar-refractivity contribution < 1.29 is 22.4 Å². The summed E-state index contributed by atoms with van der Waals surface area (Å²) < 4.78 is 55.4. The van der Waals surface area contributed by atoms with Crippen LogP contribution in [0.2, 0.25) is 0 Å². The van der Waals surface area contributed by atoms with Gasteiger partial charge in [-0.05, 0) is 18.2 Å². The molecule has 5 rings (SSSR count). The normalized spacial score (nSPS) is 16.7. The first-order chi connectivity index (χ1) is 14.7. The first-order valence-corrected chi connectivity index (χ1v) is 9.19. The third kappa shape index (κ3) is 3.04. The van der Waals surface area contributed by atoms with Gasteiger partial charge in [-0.25, -0.2) is 18.6 Å². The number of hydrogen-bond donors (Lipinski definition) is 1. The third-order valence-corrected chi connectivity index (χ3v) is 5.14. The Morgan fingerprint density at radius 1 is 1.29 bits per heavy atom. The standard InChI is InChI=1S/C18H14F4N8O/c1-28-15(25-17(27-28)18(20,21)22)16(31)29-6-4-10-13(24-8-23-10)14(29)11-7-12-9(19)3-2-5-30(12)26-11/h2-3,5,7-8,14H,4,6H2,1H3,(H,23,24). The molecule has 31 heavy (non-hydrogen) atoms. The lowest BCUT2D eigenvalue weighted by molar-refractivity contribution is -0.144. The second-order valence-electron chi connectivity index (χ2n) is 7.05. The molecular formula is C18H14F4N8O. The summed E-state index contributed by atoms with van der Waals surface area (Å²) in [6.07, 6.45) is -1.36. The number of nitrogens with zero attached hydrogens (tertiary/aromatic N) is 7. The second-order valence-corrected chi connectivity index (χ2v) is 7.05. The number of aryl methyl sites for hydroxylation is 1. The molecule has 9 nitrogen and oxygen atoms in total. The Kier molecular flexibility index (Phi) is 4.10. The number of hydrogen-bond acceptors (Lipinski definition) is 5. The van der Waals surface area contributed by atoms with Crippen molar-refractivity contribution in [3.05, 3.63) is 65.3 Å². The van der Waals surface area contributed by atoms with Crippen molar-refractivity contribution in [2.45, 2.75) is 18.6 Å². The predicted octanol–water partition coefficient (Wildman–Crippen LogP) is 2.13. The topological polar surface area (TPSA) is 97.0 Å². The van der Waals surface area contributed by atoms with E-state index in [1.54, 1.807) is 6.20 Å². The summed E-state index contributed by atoms with van der Waals surface area (Å²) in [4.78, 5) is 25.3.